The first-order valence-electron chi connectivity index (χ1n) is 8.31. The quantitative estimate of drug-likeness (QED) is 0.905. The highest BCUT2D eigenvalue weighted by Crippen LogP contribution is 2.32. The topological polar surface area (TPSA) is 33.1 Å². The second kappa shape index (κ2) is 6.39. The molecule has 0 atom stereocenters. The van der Waals surface area contributed by atoms with Gasteiger partial charge in [-0.2, -0.15) is 5.10 Å². The van der Waals surface area contributed by atoms with Gasteiger partial charge in [-0.3, -0.25) is 9.58 Å². The van der Waals surface area contributed by atoms with Crippen LogP contribution in [-0.4, -0.2) is 39.9 Å². The van der Waals surface area contributed by atoms with E-state index < -0.39 is 0 Å². The Hall–Kier alpha value is -0.390. The van der Waals surface area contributed by atoms with Crippen molar-refractivity contribution >= 4 is 15.9 Å². The highest BCUT2D eigenvalue weighted by molar-refractivity contribution is 9.10. The zero-order valence-electron chi connectivity index (χ0n) is 13.3. The van der Waals surface area contributed by atoms with Gasteiger partial charge in [0.25, 0.3) is 0 Å². The van der Waals surface area contributed by atoms with Crippen molar-refractivity contribution in [1.82, 2.24) is 20.0 Å². The second-order valence-electron chi connectivity index (χ2n) is 6.66. The Morgan fingerprint density at radius 2 is 2.05 bits per heavy atom. The van der Waals surface area contributed by atoms with Crippen LogP contribution in [0.4, 0.5) is 0 Å². The van der Waals surface area contributed by atoms with Crippen LogP contribution in [0.15, 0.2) is 4.47 Å². The van der Waals surface area contributed by atoms with Gasteiger partial charge in [0.1, 0.15) is 0 Å². The zero-order valence-corrected chi connectivity index (χ0v) is 14.9. The number of aromatic nitrogens is 2. The molecular weight excluding hydrogens is 328 g/mol. The van der Waals surface area contributed by atoms with Gasteiger partial charge in [0.05, 0.1) is 15.9 Å². The molecule has 1 saturated heterocycles. The van der Waals surface area contributed by atoms with Crippen molar-refractivity contribution in [3.8, 4) is 0 Å². The molecule has 2 aliphatic rings. The molecule has 3 rings (SSSR count). The lowest BCUT2D eigenvalue weighted by Gasteiger charge is -2.33. The number of hydrogen-bond donors (Lipinski definition) is 1. The van der Waals surface area contributed by atoms with E-state index in [9.17, 15) is 0 Å². The summed E-state index contributed by atoms with van der Waals surface area (Å²) in [5.41, 5.74) is 2.88. The van der Waals surface area contributed by atoms with E-state index in [0.717, 1.165) is 13.0 Å². The lowest BCUT2D eigenvalue weighted by molar-refractivity contribution is 0.199. The molecule has 1 N–H and O–H groups in total. The third-order valence-electron chi connectivity index (χ3n) is 5.11. The van der Waals surface area contributed by atoms with Crippen molar-refractivity contribution in [1.29, 1.82) is 0 Å². The van der Waals surface area contributed by atoms with Crippen molar-refractivity contribution in [3.63, 3.8) is 0 Å². The van der Waals surface area contributed by atoms with Crippen molar-refractivity contribution in [2.45, 2.75) is 57.5 Å². The fraction of sp³-hybridized carbons (Fsp3) is 0.812. The predicted octanol–water partition coefficient (Wildman–Crippen LogP) is 2.85. The molecule has 1 aliphatic carbocycles. The van der Waals surface area contributed by atoms with Crippen LogP contribution in [0.5, 0.6) is 0 Å². The van der Waals surface area contributed by atoms with E-state index in [-0.39, 0.29) is 0 Å². The van der Waals surface area contributed by atoms with Gasteiger partial charge in [0.15, 0.2) is 0 Å². The summed E-state index contributed by atoms with van der Waals surface area (Å²) < 4.78 is 3.27. The normalized spacial score (nSPS) is 22.8. The SMILES string of the molecule is CCc1nn(C)c(CN2CCCNC3(CCCC3)C2)c1Br. The Bertz CT molecular complexity index is 491. The number of aryl methyl sites for hydroxylation is 2. The molecule has 0 aromatic carbocycles. The largest absolute Gasteiger partial charge is 0.310 e. The minimum absolute atomic E-state index is 0.384. The minimum atomic E-state index is 0.384. The molecule has 2 heterocycles. The fourth-order valence-electron chi connectivity index (χ4n) is 3.94. The maximum atomic E-state index is 4.63. The molecule has 4 nitrogen and oxygen atoms in total. The van der Waals surface area contributed by atoms with E-state index in [1.54, 1.807) is 0 Å². The molecule has 1 saturated carbocycles. The Labute approximate surface area is 136 Å². The van der Waals surface area contributed by atoms with Crippen LogP contribution in [0, 0.1) is 0 Å². The lowest BCUT2D eigenvalue weighted by Crippen LogP contribution is -2.49. The summed E-state index contributed by atoms with van der Waals surface area (Å²) in [5.74, 6) is 0. The monoisotopic (exact) mass is 354 g/mol. The van der Waals surface area contributed by atoms with Crippen LogP contribution in [0.1, 0.15) is 50.4 Å². The molecule has 0 amide bonds. The number of nitrogens with zero attached hydrogens (tertiary/aromatic N) is 3. The van der Waals surface area contributed by atoms with Crippen LogP contribution >= 0.6 is 15.9 Å². The van der Waals surface area contributed by atoms with Gasteiger partial charge in [-0.1, -0.05) is 19.8 Å². The van der Waals surface area contributed by atoms with E-state index in [4.69, 9.17) is 0 Å². The summed E-state index contributed by atoms with van der Waals surface area (Å²) in [5, 5.41) is 8.48. The fourth-order valence-corrected chi connectivity index (χ4v) is 4.69. The van der Waals surface area contributed by atoms with E-state index in [0.29, 0.717) is 5.54 Å². The van der Waals surface area contributed by atoms with Crippen molar-refractivity contribution in [3.05, 3.63) is 15.9 Å². The van der Waals surface area contributed by atoms with E-state index >= 15 is 0 Å². The number of halogens is 1. The van der Waals surface area contributed by atoms with Gasteiger partial charge in [-0.25, -0.2) is 0 Å². The Kier molecular flexibility index (Phi) is 4.71. The number of rotatable bonds is 3. The summed E-state index contributed by atoms with van der Waals surface area (Å²) in [6.45, 7) is 6.72. The molecule has 118 valence electrons. The average molecular weight is 355 g/mol. The summed E-state index contributed by atoms with van der Waals surface area (Å²) in [6, 6.07) is 0. The smallest absolute Gasteiger partial charge is 0.0767 e. The Morgan fingerprint density at radius 1 is 1.29 bits per heavy atom. The minimum Gasteiger partial charge on any atom is -0.310 e. The molecule has 1 aliphatic heterocycles. The Balaban J connectivity index is 1.75. The number of hydrogen-bond acceptors (Lipinski definition) is 3. The van der Waals surface area contributed by atoms with Crippen LogP contribution in [-0.2, 0) is 20.0 Å². The molecule has 2 fully saturated rings. The van der Waals surface area contributed by atoms with Crippen LogP contribution in [0.2, 0.25) is 0 Å². The third kappa shape index (κ3) is 3.20. The maximum Gasteiger partial charge on any atom is 0.0767 e. The maximum absolute atomic E-state index is 4.63. The van der Waals surface area contributed by atoms with E-state index in [1.165, 1.54) is 67.6 Å². The summed E-state index contributed by atoms with van der Waals surface area (Å²) in [4.78, 5) is 2.63. The van der Waals surface area contributed by atoms with Crippen LogP contribution < -0.4 is 5.32 Å². The molecule has 0 bridgehead atoms. The van der Waals surface area contributed by atoms with Gasteiger partial charge in [-0.15, -0.1) is 0 Å². The first-order valence-corrected chi connectivity index (χ1v) is 9.10. The standard InChI is InChI=1S/C16H27BrN4/c1-3-13-15(17)14(20(2)19-13)11-21-10-6-9-18-16(12-21)7-4-5-8-16/h18H,3-12H2,1-2H3. The first kappa shape index (κ1) is 15.5. The average Bonchev–Trinajstić information content (AvgIpc) is 2.95. The molecule has 1 spiro atoms. The molecule has 0 unspecified atom stereocenters. The van der Waals surface area contributed by atoms with Gasteiger partial charge in [-0.05, 0) is 54.7 Å². The van der Waals surface area contributed by atoms with Gasteiger partial charge >= 0.3 is 0 Å². The van der Waals surface area contributed by atoms with Crippen LogP contribution in [0.3, 0.4) is 0 Å². The lowest BCUT2D eigenvalue weighted by atomic mass is 9.97. The first-order chi connectivity index (χ1) is 10.1. The summed E-state index contributed by atoms with van der Waals surface area (Å²) in [6.07, 6.45) is 7.69. The molecule has 5 heteroatoms. The van der Waals surface area contributed by atoms with Crippen molar-refractivity contribution in [2.24, 2.45) is 7.05 Å². The zero-order chi connectivity index (χ0) is 14.9. The number of nitrogens with one attached hydrogen (secondary N) is 1. The second-order valence-corrected chi connectivity index (χ2v) is 7.46. The molecule has 0 radical (unpaired) electrons. The predicted molar refractivity (Wildman–Crippen MR) is 89.4 cm³/mol. The highest BCUT2D eigenvalue weighted by Gasteiger charge is 2.36. The molecular formula is C16H27BrN4. The van der Waals surface area contributed by atoms with E-state index in [2.05, 4.69) is 49.9 Å². The highest BCUT2D eigenvalue weighted by atomic mass is 79.9. The molecule has 1 aromatic heterocycles. The van der Waals surface area contributed by atoms with E-state index in [1.807, 2.05) is 0 Å². The van der Waals surface area contributed by atoms with Crippen LogP contribution in [0.25, 0.3) is 0 Å². The van der Waals surface area contributed by atoms with Gasteiger partial charge in [0.2, 0.25) is 0 Å². The van der Waals surface area contributed by atoms with Crippen molar-refractivity contribution < 1.29 is 0 Å². The van der Waals surface area contributed by atoms with Gasteiger partial charge < -0.3 is 5.32 Å². The Morgan fingerprint density at radius 3 is 2.71 bits per heavy atom. The molecule has 21 heavy (non-hydrogen) atoms. The van der Waals surface area contributed by atoms with Gasteiger partial charge in [0, 0.05) is 25.7 Å². The molecule has 1 aromatic rings. The summed E-state index contributed by atoms with van der Waals surface area (Å²) >= 11 is 3.76. The third-order valence-corrected chi connectivity index (χ3v) is 6.03. The van der Waals surface area contributed by atoms with Crippen molar-refractivity contribution in [2.75, 3.05) is 19.6 Å². The summed E-state index contributed by atoms with van der Waals surface area (Å²) in [7, 11) is 2.07.